The molecular weight excluding hydrogens is 206 g/mol. The molecule has 2 heterocycles. The van der Waals surface area contributed by atoms with Crippen LogP contribution in [0.5, 0.6) is 0 Å². The van der Waals surface area contributed by atoms with Gasteiger partial charge in [0.2, 0.25) is 0 Å². The van der Waals surface area contributed by atoms with Crippen molar-refractivity contribution in [3.8, 4) is 0 Å². The zero-order valence-electron chi connectivity index (χ0n) is 9.53. The number of methoxy groups -OCH3 is 1. The van der Waals surface area contributed by atoms with Crippen LogP contribution in [0.2, 0.25) is 0 Å². The molecule has 0 fully saturated rings. The summed E-state index contributed by atoms with van der Waals surface area (Å²) in [7, 11) is 1.78. The largest absolute Gasteiger partial charge is 0.383 e. The summed E-state index contributed by atoms with van der Waals surface area (Å²) in [6, 6.07) is 2.92. The van der Waals surface area contributed by atoms with Crippen LogP contribution in [0.4, 0.5) is 0 Å². The SMILES string of the molecule is CC[C@H]1c2ccsc2CCN1CCOC. The van der Waals surface area contributed by atoms with E-state index >= 15 is 0 Å². The fourth-order valence-electron chi connectivity index (χ4n) is 2.40. The molecule has 2 rings (SSSR count). The smallest absolute Gasteiger partial charge is 0.0589 e. The van der Waals surface area contributed by atoms with E-state index in [2.05, 4.69) is 23.3 Å². The number of thiophene rings is 1. The Kier molecular flexibility index (Phi) is 3.78. The van der Waals surface area contributed by atoms with Gasteiger partial charge in [-0.05, 0) is 29.9 Å². The van der Waals surface area contributed by atoms with E-state index in [0.29, 0.717) is 6.04 Å². The number of ether oxygens (including phenoxy) is 1. The van der Waals surface area contributed by atoms with Crippen LogP contribution < -0.4 is 0 Å². The van der Waals surface area contributed by atoms with E-state index < -0.39 is 0 Å². The van der Waals surface area contributed by atoms with Crippen molar-refractivity contribution in [2.75, 3.05) is 26.8 Å². The van der Waals surface area contributed by atoms with Crippen molar-refractivity contribution in [1.29, 1.82) is 0 Å². The molecule has 0 aliphatic carbocycles. The average Bonchev–Trinajstić information content (AvgIpc) is 2.73. The van der Waals surface area contributed by atoms with Gasteiger partial charge in [-0.3, -0.25) is 4.90 Å². The van der Waals surface area contributed by atoms with Crippen molar-refractivity contribution < 1.29 is 4.74 Å². The van der Waals surface area contributed by atoms with E-state index in [0.717, 1.165) is 13.2 Å². The molecule has 15 heavy (non-hydrogen) atoms. The van der Waals surface area contributed by atoms with Gasteiger partial charge >= 0.3 is 0 Å². The van der Waals surface area contributed by atoms with Gasteiger partial charge in [0.25, 0.3) is 0 Å². The summed E-state index contributed by atoms with van der Waals surface area (Å²) < 4.78 is 5.17. The summed E-state index contributed by atoms with van der Waals surface area (Å²) in [5.41, 5.74) is 1.56. The molecule has 2 nitrogen and oxygen atoms in total. The lowest BCUT2D eigenvalue weighted by Crippen LogP contribution is -2.36. The predicted octanol–water partition coefficient (Wildman–Crippen LogP) is 2.70. The predicted molar refractivity (Wildman–Crippen MR) is 64.5 cm³/mol. The lowest BCUT2D eigenvalue weighted by atomic mass is 9.98. The van der Waals surface area contributed by atoms with Crippen molar-refractivity contribution in [2.45, 2.75) is 25.8 Å². The van der Waals surface area contributed by atoms with Gasteiger partial charge in [-0.15, -0.1) is 11.3 Å². The zero-order chi connectivity index (χ0) is 10.7. The molecule has 1 atom stereocenters. The molecule has 3 heteroatoms. The first-order valence-electron chi connectivity index (χ1n) is 5.66. The summed E-state index contributed by atoms with van der Waals surface area (Å²) in [6.07, 6.45) is 2.42. The third-order valence-electron chi connectivity index (χ3n) is 3.18. The van der Waals surface area contributed by atoms with Gasteiger partial charge in [-0.2, -0.15) is 0 Å². The Balaban J connectivity index is 2.10. The average molecular weight is 225 g/mol. The molecule has 84 valence electrons. The topological polar surface area (TPSA) is 12.5 Å². The number of fused-ring (bicyclic) bond motifs is 1. The summed E-state index contributed by atoms with van der Waals surface area (Å²) in [5, 5.41) is 2.23. The summed E-state index contributed by atoms with van der Waals surface area (Å²) in [6.45, 7) is 5.37. The van der Waals surface area contributed by atoms with Crippen molar-refractivity contribution >= 4 is 11.3 Å². The highest BCUT2D eigenvalue weighted by atomic mass is 32.1. The molecule has 0 saturated carbocycles. The first kappa shape index (κ1) is 11.1. The van der Waals surface area contributed by atoms with Crippen LogP contribution in [-0.2, 0) is 11.2 Å². The molecule has 1 aromatic heterocycles. The Bertz CT molecular complexity index is 310. The van der Waals surface area contributed by atoms with Gasteiger partial charge in [-0.25, -0.2) is 0 Å². The molecule has 0 spiro atoms. The number of rotatable bonds is 4. The van der Waals surface area contributed by atoms with Crippen molar-refractivity contribution in [2.24, 2.45) is 0 Å². The normalized spacial score (nSPS) is 21.6. The van der Waals surface area contributed by atoms with Crippen LogP contribution >= 0.6 is 11.3 Å². The monoisotopic (exact) mass is 225 g/mol. The molecule has 1 aliphatic rings. The van der Waals surface area contributed by atoms with Gasteiger partial charge in [0.1, 0.15) is 0 Å². The summed E-state index contributed by atoms with van der Waals surface area (Å²) in [4.78, 5) is 4.15. The first-order chi connectivity index (χ1) is 7.36. The van der Waals surface area contributed by atoms with Crippen LogP contribution in [0.3, 0.4) is 0 Å². The maximum Gasteiger partial charge on any atom is 0.0589 e. The highest BCUT2D eigenvalue weighted by molar-refractivity contribution is 7.10. The van der Waals surface area contributed by atoms with Crippen molar-refractivity contribution in [3.63, 3.8) is 0 Å². The van der Waals surface area contributed by atoms with Gasteiger partial charge in [-0.1, -0.05) is 6.92 Å². The molecule has 0 N–H and O–H groups in total. The highest BCUT2D eigenvalue weighted by Gasteiger charge is 2.26. The maximum atomic E-state index is 5.17. The summed E-state index contributed by atoms with van der Waals surface area (Å²) >= 11 is 1.91. The molecule has 0 radical (unpaired) electrons. The molecule has 0 saturated heterocycles. The van der Waals surface area contributed by atoms with E-state index in [1.807, 2.05) is 11.3 Å². The molecule has 1 aliphatic heterocycles. The minimum absolute atomic E-state index is 0.621. The van der Waals surface area contributed by atoms with Gasteiger partial charge in [0, 0.05) is 31.1 Å². The van der Waals surface area contributed by atoms with Crippen LogP contribution in [0.1, 0.15) is 29.8 Å². The Labute approximate surface area is 95.9 Å². The zero-order valence-corrected chi connectivity index (χ0v) is 10.3. The van der Waals surface area contributed by atoms with E-state index in [4.69, 9.17) is 4.74 Å². The van der Waals surface area contributed by atoms with Gasteiger partial charge in [0.15, 0.2) is 0 Å². The van der Waals surface area contributed by atoms with Crippen LogP contribution in [0, 0.1) is 0 Å². The highest BCUT2D eigenvalue weighted by Crippen LogP contribution is 2.34. The van der Waals surface area contributed by atoms with E-state index in [1.165, 1.54) is 19.4 Å². The maximum absolute atomic E-state index is 5.17. The van der Waals surface area contributed by atoms with Crippen molar-refractivity contribution in [1.82, 2.24) is 4.90 Å². The second kappa shape index (κ2) is 5.10. The fraction of sp³-hybridized carbons (Fsp3) is 0.667. The Morgan fingerprint density at radius 2 is 2.47 bits per heavy atom. The molecule has 0 amide bonds. The van der Waals surface area contributed by atoms with Crippen LogP contribution in [-0.4, -0.2) is 31.7 Å². The third-order valence-corrected chi connectivity index (χ3v) is 4.17. The minimum atomic E-state index is 0.621. The lowest BCUT2D eigenvalue weighted by Gasteiger charge is -2.35. The lowest BCUT2D eigenvalue weighted by molar-refractivity contribution is 0.112. The Morgan fingerprint density at radius 3 is 3.20 bits per heavy atom. The summed E-state index contributed by atoms with van der Waals surface area (Å²) in [5.74, 6) is 0. The van der Waals surface area contributed by atoms with Crippen molar-refractivity contribution in [3.05, 3.63) is 21.9 Å². The second-order valence-electron chi connectivity index (χ2n) is 4.00. The fourth-order valence-corrected chi connectivity index (χ4v) is 3.33. The molecule has 0 unspecified atom stereocenters. The third kappa shape index (κ3) is 2.25. The number of nitrogens with zero attached hydrogens (tertiary/aromatic N) is 1. The Morgan fingerprint density at radius 1 is 1.60 bits per heavy atom. The first-order valence-corrected chi connectivity index (χ1v) is 6.54. The van der Waals surface area contributed by atoms with E-state index in [1.54, 1.807) is 17.6 Å². The van der Waals surface area contributed by atoms with E-state index in [-0.39, 0.29) is 0 Å². The Hall–Kier alpha value is -0.380. The van der Waals surface area contributed by atoms with E-state index in [9.17, 15) is 0 Å². The molecular formula is C12H19NOS. The number of hydrogen-bond donors (Lipinski definition) is 0. The molecule has 0 aromatic carbocycles. The minimum Gasteiger partial charge on any atom is -0.383 e. The molecule has 0 bridgehead atoms. The number of hydrogen-bond acceptors (Lipinski definition) is 3. The van der Waals surface area contributed by atoms with Crippen LogP contribution in [0.15, 0.2) is 11.4 Å². The second-order valence-corrected chi connectivity index (χ2v) is 5.00. The van der Waals surface area contributed by atoms with Gasteiger partial charge < -0.3 is 4.74 Å². The standard InChI is InChI=1S/C12H19NOS/c1-3-11-10-5-9-15-12(10)4-6-13(11)7-8-14-2/h5,9,11H,3-4,6-8H2,1-2H3/t11-/m0/s1. The van der Waals surface area contributed by atoms with Gasteiger partial charge in [0.05, 0.1) is 6.61 Å². The quantitative estimate of drug-likeness (QED) is 0.781. The molecule has 1 aromatic rings. The van der Waals surface area contributed by atoms with Crippen LogP contribution in [0.25, 0.3) is 0 Å².